The zero-order valence-electron chi connectivity index (χ0n) is 14.5. The summed E-state index contributed by atoms with van der Waals surface area (Å²) in [6.45, 7) is 0.226. The molecule has 140 valence electrons. The first-order valence-electron chi connectivity index (χ1n) is 9.00. The third-order valence-electron chi connectivity index (χ3n) is 5.42. The van der Waals surface area contributed by atoms with Gasteiger partial charge in [0, 0.05) is 25.1 Å². The molecule has 0 bridgehead atoms. The summed E-state index contributed by atoms with van der Waals surface area (Å²) in [5, 5.41) is 23.5. The van der Waals surface area contributed by atoms with Crippen molar-refractivity contribution in [3.05, 3.63) is 34.4 Å². The third-order valence-corrected chi connectivity index (χ3v) is 5.42. The molecule has 8 nitrogen and oxygen atoms in total. The van der Waals surface area contributed by atoms with E-state index in [2.05, 4.69) is 5.32 Å². The SMILES string of the molecule is O=C(O)C1CC2CCCCC2N1C(=O)CCNc1ccccc1[N+](=O)[O-]. The summed E-state index contributed by atoms with van der Waals surface area (Å²) in [6, 6.07) is 5.53. The van der Waals surface area contributed by atoms with Gasteiger partial charge in [-0.3, -0.25) is 14.9 Å². The molecule has 1 aliphatic carbocycles. The molecule has 2 N–H and O–H groups in total. The molecule has 2 aliphatic rings. The van der Waals surface area contributed by atoms with Gasteiger partial charge < -0.3 is 15.3 Å². The summed E-state index contributed by atoms with van der Waals surface area (Å²) in [6.07, 6.45) is 4.59. The number of amides is 1. The van der Waals surface area contributed by atoms with Crippen molar-refractivity contribution >= 4 is 23.3 Å². The van der Waals surface area contributed by atoms with E-state index in [1.807, 2.05) is 0 Å². The number of para-hydroxylation sites is 2. The van der Waals surface area contributed by atoms with Gasteiger partial charge in [-0.15, -0.1) is 0 Å². The summed E-state index contributed by atoms with van der Waals surface area (Å²) >= 11 is 0. The van der Waals surface area contributed by atoms with Gasteiger partial charge in [0.1, 0.15) is 11.7 Å². The maximum absolute atomic E-state index is 12.7. The van der Waals surface area contributed by atoms with Crippen LogP contribution >= 0.6 is 0 Å². The monoisotopic (exact) mass is 361 g/mol. The van der Waals surface area contributed by atoms with Crippen molar-refractivity contribution in [1.29, 1.82) is 0 Å². The molecule has 8 heteroatoms. The van der Waals surface area contributed by atoms with Gasteiger partial charge in [-0.2, -0.15) is 0 Å². The molecule has 26 heavy (non-hydrogen) atoms. The van der Waals surface area contributed by atoms with Crippen LogP contribution in [0.4, 0.5) is 11.4 Å². The Morgan fingerprint density at radius 2 is 2.00 bits per heavy atom. The molecule has 0 aromatic heterocycles. The molecular weight excluding hydrogens is 338 g/mol. The zero-order chi connectivity index (χ0) is 18.7. The number of likely N-dealkylation sites (tertiary alicyclic amines) is 1. The first-order chi connectivity index (χ1) is 12.5. The first-order valence-corrected chi connectivity index (χ1v) is 9.00. The zero-order valence-corrected chi connectivity index (χ0v) is 14.5. The fraction of sp³-hybridized carbons (Fsp3) is 0.556. The highest BCUT2D eigenvalue weighted by molar-refractivity contribution is 5.85. The van der Waals surface area contributed by atoms with Gasteiger partial charge in [-0.05, 0) is 31.2 Å². The molecule has 1 saturated heterocycles. The van der Waals surface area contributed by atoms with E-state index in [-0.39, 0.29) is 36.5 Å². The number of nitro groups is 1. The predicted octanol–water partition coefficient (Wildman–Crippen LogP) is 2.64. The Morgan fingerprint density at radius 3 is 2.73 bits per heavy atom. The quantitative estimate of drug-likeness (QED) is 0.595. The Hall–Kier alpha value is -2.64. The van der Waals surface area contributed by atoms with Crippen LogP contribution in [0.1, 0.15) is 38.5 Å². The number of benzene rings is 1. The molecule has 1 aromatic carbocycles. The molecular formula is C18H23N3O5. The molecule has 3 atom stereocenters. The Morgan fingerprint density at radius 1 is 1.27 bits per heavy atom. The minimum atomic E-state index is -0.945. The topological polar surface area (TPSA) is 113 Å². The number of hydrogen-bond acceptors (Lipinski definition) is 5. The van der Waals surface area contributed by atoms with E-state index in [4.69, 9.17) is 0 Å². The number of carbonyl (C=O) groups excluding carboxylic acids is 1. The molecule has 1 saturated carbocycles. The minimum Gasteiger partial charge on any atom is -0.480 e. The number of hydrogen-bond donors (Lipinski definition) is 2. The molecule has 1 aliphatic heterocycles. The van der Waals surface area contributed by atoms with E-state index < -0.39 is 16.9 Å². The normalized spacial score (nSPS) is 24.8. The average Bonchev–Trinajstić information content (AvgIpc) is 3.02. The van der Waals surface area contributed by atoms with Gasteiger partial charge in [-0.1, -0.05) is 25.0 Å². The number of fused-ring (bicyclic) bond motifs is 1. The highest BCUT2D eigenvalue weighted by Gasteiger charge is 2.47. The van der Waals surface area contributed by atoms with Gasteiger partial charge in [0.15, 0.2) is 0 Å². The minimum absolute atomic E-state index is 0.0170. The number of carboxylic acids is 1. The highest BCUT2D eigenvalue weighted by Crippen LogP contribution is 2.40. The van der Waals surface area contributed by atoms with E-state index >= 15 is 0 Å². The van der Waals surface area contributed by atoms with Gasteiger partial charge in [0.05, 0.1) is 4.92 Å². The first kappa shape index (κ1) is 18.2. The van der Waals surface area contributed by atoms with Crippen molar-refractivity contribution in [2.24, 2.45) is 5.92 Å². The Labute approximate surface area is 151 Å². The van der Waals surface area contributed by atoms with Crippen LogP contribution in [-0.2, 0) is 9.59 Å². The van der Waals surface area contributed by atoms with Crippen LogP contribution in [0.25, 0.3) is 0 Å². The fourth-order valence-electron chi connectivity index (χ4n) is 4.25. The van der Waals surface area contributed by atoms with Crippen LogP contribution in [0.2, 0.25) is 0 Å². The highest BCUT2D eigenvalue weighted by atomic mass is 16.6. The van der Waals surface area contributed by atoms with Crippen molar-refractivity contribution in [3.8, 4) is 0 Å². The number of rotatable bonds is 6. The van der Waals surface area contributed by atoms with E-state index in [0.29, 0.717) is 12.1 Å². The van der Waals surface area contributed by atoms with Crippen LogP contribution in [0.3, 0.4) is 0 Å². The Kier molecular flexibility index (Phi) is 5.39. The molecule has 1 heterocycles. The molecule has 0 spiro atoms. The van der Waals surface area contributed by atoms with Crippen molar-refractivity contribution in [2.75, 3.05) is 11.9 Å². The van der Waals surface area contributed by atoms with Crippen molar-refractivity contribution in [3.63, 3.8) is 0 Å². The van der Waals surface area contributed by atoms with E-state index in [0.717, 1.165) is 25.7 Å². The summed E-state index contributed by atoms with van der Waals surface area (Å²) in [7, 11) is 0. The molecule has 3 unspecified atom stereocenters. The Bertz CT molecular complexity index is 708. The predicted molar refractivity (Wildman–Crippen MR) is 94.8 cm³/mol. The van der Waals surface area contributed by atoms with Gasteiger partial charge in [0.2, 0.25) is 5.91 Å². The second kappa shape index (κ2) is 7.72. The molecule has 0 radical (unpaired) electrons. The number of nitrogens with zero attached hydrogens (tertiary/aromatic N) is 2. The molecule has 2 fully saturated rings. The molecule has 1 amide bonds. The number of carbonyl (C=O) groups is 2. The largest absolute Gasteiger partial charge is 0.480 e. The van der Waals surface area contributed by atoms with Crippen molar-refractivity contribution < 1.29 is 19.6 Å². The molecule has 1 aromatic rings. The molecule has 3 rings (SSSR count). The second-order valence-corrected chi connectivity index (χ2v) is 6.95. The number of nitro benzene ring substituents is 1. The standard InChI is InChI=1S/C18H23N3O5/c22-17(9-10-19-13-6-2-4-8-15(13)21(25)26)20-14-7-3-1-5-12(14)11-16(20)18(23)24/h2,4,6,8,12,14,16,19H,1,3,5,7,9-11H2,(H,23,24). The summed E-state index contributed by atoms with van der Waals surface area (Å²) in [5.74, 6) is -0.866. The second-order valence-electron chi connectivity index (χ2n) is 6.95. The van der Waals surface area contributed by atoms with Gasteiger partial charge in [0.25, 0.3) is 5.69 Å². The fourth-order valence-corrected chi connectivity index (χ4v) is 4.25. The summed E-state index contributed by atoms with van der Waals surface area (Å²) in [4.78, 5) is 36.4. The number of carboxylic acid groups (broad SMARTS) is 1. The van der Waals surface area contributed by atoms with Crippen molar-refractivity contribution in [2.45, 2.75) is 50.6 Å². The number of nitrogens with one attached hydrogen (secondary N) is 1. The lowest BCUT2D eigenvalue weighted by Crippen LogP contribution is -2.46. The number of aliphatic carboxylic acids is 1. The lowest BCUT2D eigenvalue weighted by Gasteiger charge is -2.33. The average molecular weight is 361 g/mol. The van der Waals surface area contributed by atoms with Crippen LogP contribution in [0.5, 0.6) is 0 Å². The number of anilines is 1. The van der Waals surface area contributed by atoms with Crippen LogP contribution < -0.4 is 5.32 Å². The van der Waals surface area contributed by atoms with Gasteiger partial charge >= 0.3 is 5.97 Å². The van der Waals surface area contributed by atoms with E-state index in [9.17, 15) is 24.8 Å². The van der Waals surface area contributed by atoms with E-state index in [1.165, 1.54) is 6.07 Å². The lowest BCUT2D eigenvalue weighted by atomic mass is 9.84. The lowest BCUT2D eigenvalue weighted by molar-refractivity contribution is -0.384. The van der Waals surface area contributed by atoms with Gasteiger partial charge in [-0.25, -0.2) is 4.79 Å². The van der Waals surface area contributed by atoms with Crippen LogP contribution in [0.15, 0.2) is 24.3 Å². The summed E-state index contributed by atoms with van der Waals surface area (Å²) in [5.41, 5.74) is 0.314. The smallest absolute Gasteiger partial charge is 0.326 e. The maximum atomic E-state index is 12.7. The third kappa shape index (κ3) is 3.63. The maximum Gasteiger partial charge on any atom is 0.326 e. The van der Waals surface area contributed by atoms with Crippen LogP contribution in [0, 0.1) is 16.0 Å². The van der Waals surface area contributed by atoms with E-state index in [1.54, 1.807) is 23.1 Å². The summed E-state index contributed by atoms with van der Waals surface area (Å²) < 4.78 is 0. The van der Waals surface area contributed by atoms with Crippen molar-refractivity contribution in [1.82, 2.24) is 4.90 Å². The Balaban J connectivity index is 1.63. The van der Waals surface area contributed by atoms with Crippen LogP contribution in [-0.4, -0.2) is 45.4 Å².